The summed E-state index contributed by atoms with van der Waals surface area (Å²) in [7, 11) is -3.60. The molecule has 7 heteroatoms. The maximum absolute atomic E-state index is 11.9. The van der Waals surface area contributed by atoms with Crippen LogP contribution < -0.4 is 34.4 Å². The molecule has 0 radical (unpaired) electrons. The number of halogens is 1. The third-order valence-electron chi connectivity index (χ3n) is 3.19. The van der Waals surface area contributed by atoms with Gasteiger partial charge in [0.25, 0.3) is 10.0 Å². The van der Waals surface area contributed by atoms with E-state index in [0.29, 0.717) is 0 Å². The Kier molecular flexibility index (Phi) is 9.96. The van der Waals surface area contributed by atoms with Gasteiger partial charge in [0.2, 0.25) is 0 Å². The first-order chi connectivity index (χ1) is 12.5. The van der Waals surface area contributed by atoms with Gasteiger partial charge in [-0.3, -0.25) is 0 Å². The van der Waals surface area contributed by atoms with E-state index in [1.54, 1.807) is 24.3 Å². The Hall–Kier alpha value is -1.99. The quantitative estimate of drug-likeness (QED) is 0.311. The Bertz CT molecular complexity index is 933. The van der Waals surface area contributed by atoms with Gasteiger partial charge >= 0.3 is 29.6 Å². The van der Waals surface area contributed by atoms with Crippen molar-refractivity contribution in [3.8, 4) is 0 Å². The summed E-state index contributed by atoms with van der Waals surface area (Å²) in [5, 5.41) is 3.75. The van der Waals surface area contributed by atoms with Gasteiger partial charge < -0.3 is 0 Å². The predicted octanol–water partition coefficient (Wildman–Crippen LogP) is 0.937. The predicted molar refractivity (Wildman–Crippen MR) is 101 cm³/mol. The van der Waals surface area contributed by atoms with Gasteiger partial charge in [0.15, 0.2) is 0 Å². The fraction of sp³-hybridized carbons (Fsp3) is 0.0500. The van der Waals surface area contributed by atoms with E-state index in [2.05, 4.69) is 16.0 Å². The van der Waals surface area contributed by atoms with Crippen LogP contribution in [0.5, 0.6) is 0 Å². The van der Waals surface area contributed by atoms with Crippen molar-refractivity contribution in [3.63, 3.8) is 0 Å². The van der Waals surface area contributed by atoms with Crippen molar-refractivity contribution < 1.29 is 42.4 Å². The Labute approximate surface area is 181 Å². The molecule has 0 saturated carbocycles. The normalized spacial score (nSPS) is 10.4. The minimum absolute atomic E-state index is 0. The average Bonchev–Trinajstić information content (AvgIpc) is 2.64. The van der Waals surface area contributed by atoms with Crippen LogP contribution in [0.15, 0.2) is 88.9 Å². The number of sulfonamides is 1. The summed E-state index contributed by atoms with van der Waals surface area (Å²) in [5.74, 6) is -0.209. The smallest absolute Gasteiger partial charge is 0.236 e. The van der Waals surface area contributed by atoms with Gasteiger partial charge in [0.1, 0.15) is 0 Å². The number of nitrogens with one attached hydrogen (secondary N) is 1. The maximum atomic E-state index is 11.9. The summed E-state index contributed by atoms with van der Waals surface area (Å²) < 4.78 is 35.7. The van der Waals surface area contributed by atoms with Gasteiger partial charge in [0, 0.05) is 5.82 Å². The van der Waals surface area contributed by atoms with Gasteiger partial charge in [-0.25, -0.2) is 9.22 Å². The van der Waals surface area contributed by atoms with Crippen molar-refractivity contribution in [1.29, 1.82) is 0 Å². The molecule has 0 unspecified atom stereocenters. The number of hydrogen-bond donors (Lipinski definition) is 1. The fourth-order valence-electron chi connectivity index (χ4n) is 1.85. The number of rotatable bonds is 4. The zero-order chi connectivity index (χ0) is 18.8. The molecule has 3 aromatic rings. The molecule has 0 aliphatic rings. The molecular weight excluding hydrogens is 374 g/mol. The molecule has 0 amide bonds. The Morgan fingerprint density at radius 3 is 2.07 bits per heavy atom. The standard InChI is InChI=1S/C14H14N2O2S.C6H4F.Na/c1-12-7-9-14(10-8-12)19(17,18)16-15-11-13-5-3-2-4-6-13;7-6-4-2-1-3-5-6;/h2-11,16H,1H3;2-5H;/q;-1;+1. The monoisotopic (exact) mass is 392 g/mol. The van der Waals surface area contributed by atoms with Crippen LogP contribution in [0.1, 0.15) is 11.1 Å². The van der Waals surface area contributed by atoms with Crippen molar-refractivity contribution in [3.05, 3.63) is 102 Å². The first-order valence-corrected chi connectivity index (χ1v) is 9.24. The molecule has 27 heavy (non-hydrogen) atoms. The van der Waals surface area contributed by atoms with Crippen LogP contribution in [0, 0.1) is 18.8 Å². The van der Waals surface area contributed by atoms with Crippen molar-refractivity contribution in [2.75, 3.05) is 0 Å². The number of hydrazone groups is 1. The second-order valence-electron chi connectivity index (χ2n) is 5.29. The van der Waals surface area contributed by atoms with E-state index in [-0.39, 0.29) is 40.3 Å². The zero-order valence-electron chi connectivity index (χ0n) is 15.1. The number of benzene rings is 3. The Morgan fingerprint density at radius 1 is 0.963 bits per heavy atom. The van der Waals surface area contributed by atoms with E-state index >= 15 is 0 Å². The van der Waals surface area contributed by atoms with Gasteiger partial charge in [-0.1, -0.05) is 48.0 Å². The molecule has 4 nitrogen and oxygen atoms in total. The largest absolute Gasteiger partial charge is 1.00 e. The van der Waals surface area contributed by atoms with E-state index in [1.165, 1.54) is 30.5 Å². The SMILES string of the molecule is Cc1ccc(S(=O)(=O)NN=Cc2ccccc2)cc1.Fc1cc[c-]cc1.[Na+]. The first-order valence-electron chi connectivity index (χ1n) is 7.75. The topological polar surface area (TPSA) is 58.5 Å². The van der Waals surface area contributed by atoms with E-state index < -0.39 is 10.0 Å². The molecule has 0 heterocycles. The summed E-state index contributed by atoms with van der Waals surface area (Å²) >= 11 is 0. The molecule has 134 valence electrons. The Morgan fingerprint density at radius 2 is 1.56 bits per heavy atom. The first kappa shape index (κ1) is 23.0. The molecule has 0 atom stereocenters. The van der Waals surface area contributed by atoms with Gasteiger partial charge in [-0.15, -0.1) is 12.1 Å². The summed E-state index contributed by atoms with van der Waals surface area (Å²) in [6.45, 7) is 1.90. The summed E-state index contributed by atoms with van der Waals surface area (Å²) in [6.07, 6.45) is 1.46. The molecule has 0 saturated heterocycles. The summed E-state index contributed by atoms with van der Waals surface area (Å²) in [5.41, 5.74) is 1.83. The molecule has 0 spiro atoms. The van der Waals surface area contributed by atoms with Crippen LogP contribution in [-0.4, -0.2) is 14.6 Å². The molecule has 1 N–H and O–H groups in total. The van der Waals surface area contributed by atoms with Crippen LogP contribution in [0.4, 0.5) is 4.39 Å². The van der Waals surface area contributed by atoms with Crippen LogP contribution in [0.25, 0.3) is 0 Å². The number of hydrogen-bond acceptors (Lipinski definition) is 3. The summed E-state index contributed by atoms with van der Waals surface area (Å²) in [4.78, 5) is 2.38. The molecule has 0 aliphatic carbocycles. The minimum Gasteiger partial charge on any atom is -0.236 e. The van der Waals surface area contributed by atoms with Crippen LogP contribution in [0.2, 0.25) is 0 Å². The van der Waals surface area contributed by atoms with Gasteiger partial charge in [0.05, 0.1) is 11.1 Å². The second kappa shape index (κ2) is 11.7. The molecule has 0 fully saturated rings. The third kappa shape index (κ3) is 8.49. The summed E-state index contributed by atoms with van der Waals surface area (Å²) in [6, 6.07) is 24.4. The molecule has 3 aromatic carbocycles. The fourth-order valence-corrected chi connectivity index (χ4v) is 2.64. The van der Waals surface area contributed by atoms with Gasteiger partial charge in [-0.2, -0.15) is 31.7 Å². The van der Waals surface area contributed by atoms with Gasteiger partial charge in [-0.05, 0) is 24.6 Å². The minimum atomic E-state index is -3.60. The van der Waals surface area contributed by atoms with Crippen LogP contribution >= 0.6 is 0 Å². The van der Waals surface area contributed by atoms with Crippen molar-refractivity contribution in [1.82, 2.24) is 4.83 Å². The molecule has 3 rings (SSSR count). The molecule has 0 bridgehead atoms. The van der Waals surface area contributed by atoms with E-state index in [1.807, 2.05) is 37.3 Å². The zero-order valence-corrected chi connectivity index (χ0v) is 17.9. The van der Waals surface area contributed by atoms with Crippen molar-refractivity contribution in [2.24, 2.45) is 5.10 Å². The maximum Gasteiger partial charge on any atom is 1.00 e. The molecule has 0 aromatic heterocycles. The van der Waals surface area contributed by atoms with E-state index in [9.17, 15) is 12.8 Å². The molecular formula is C20H18FN2NaO2S. The Balaban J connectivity index is 0.000000385. The second-order valence-corrected chi connectivity index (χ2v) is 6.96. The molecule has 0 aliphatic heterocycles. The van der Waals surface area contributed by atoms with Crippen molar-refractivity contribution in [2.45, 2.75) is 11.8 Å². The van der Waals surface area contributed by atoms with E-state index in [4.69, 9.17) is 0 Å². The number of nitrogens with zero attached hydrogens (tertiary/aromatic N) is 1. The van der Waals surface area contributed by atoms with Crippen molar-refractivity contribution >= 4 is 16.2 Å². The van der Waals surface area contributed by atoms with Crippen LogP contribution in [-0.2, 0) is 10.0 Å². The van der Waals surface area contributed by atoms with E-state index in [0.717, 1.165) is 11.1 Å². The van der Waals surface area contributed by atoms with Crippen LogP contribution in [0.3, 0.4) is 0 Å². The third-order valence-corrected chi connectivity index (χ3v) is 4.43. The number of aryl methyl sites for hydroxylation is 1. The average molecular weight is 392 g/mol.